The zero-order chi connectivity index (χ0) is 29.6. The number of nitriles is 1. The van der Waals surface area contributed by atoms with Gasteiger partial charge in [0, 0.05) is 23.9 Å². The van der Waals surface area contributed by atoms with E-state index in [4.69, 9.17) is 14.2 Å². The third-order valence-electron chi connectivity index (χ3n) is 5.98. The molecule has 11 nitrogen and oxygen atoms in total. The number of ether oxygens (including phenoxy) is 3. The quantitative estimate of drug-likeness (QED) is 0.162. The maximum Gasteiger partial charge on any atom is 0.408 e. The number of hydrazone groups is 1. The predicted octanol–water partition coefficient (Wildman–Crippen LogP) is 4.25. The van der Waals surface area contributed by atoms with Crippen LogP contribution >= 0.6 is 0 Å². The van der Waals surface area contributed by atoms with Gasteiger partial charge in [-0.25, -0.2) is 15.2 Å². The largest absolute Gasteiger partial charge is 0.490 e. The number of nitrogens with zero attached hydrogens (tertiary/aromatic N) is 3. The Labute approximate surface area is 243 Å². The first-order chi connectivity index (χ1) is 20.6. The van der Waals surface area contributed by atoms with Gasteiger partial charge in [0.1, 0.15) is 19.3 Å². The normalized spacial score (nSPS) is 11.3. The van der Waals surface area contributed by atoms with E-state index >= 15 is 0 Å². The minimum Gasteiger partial charge on any atom is -0.490 e. The third-order valence-corrected chi connectivity index (χ3v) is 5.98. The number of imidazole rings is 1. The molecule has 4 aromatic rings. The minimum absolute atomic E-state index is 0.0654. The molecule has 0 aliphatic rings. The number of aromatic nitrogens is 2. The van der Waals surface area contributed by atoms with Crippen LogP contribution in [0.4, 0.5) is 4.79 Å². The summed E-state index contributed by atoms with van der Waals surface area (Å²) < 4.78 is 16.9. The molecule has 3 N–H and O–H groups in total. The molecule has 0 aliphatic heterocycles. The summed E-state index contributed by atoms with van der Waals surface area (Å²) in [5.41, 5.74) is 5.89. The molecule has 0 fully saturated rings. The van der Waals surface area contributed by atoms with E-state index in [-0.39, 0.29) is 19.6 Å². The van der Waals surface area contributed by atoms with Gasteiger partial charge in [-0.15, -0.1) is 0 Å². The van der Waals surface area contributed by atoms with Crippen molar-refractivity contribution < 1.29 is 23.8 Å². The van der Waals surface area contributed by atoms with Crippen LogP contribution in [0.2, 0.25) is 0 Å². The van der Waals surface area contributed by atoms with Crippen LogP contribution < -0.4 is 20.2 Å². The Kier molecular flexibility index (Phi) is 10.6. The number of nitrogens with one attached hydrogen (secondary N) is 3. The number of hydrogen-bond donors (Lipinski definition) is 3. The number of rotatable bonds is 13. The molecule has 42 heavy (non-hydrogen) atoms. The summed E-state index contributed by atoms with van der Waals surface area (Å²) in [7, 11) is 0. The molecule has 4 rings (SSSR count). The van der Waals surface area contributed by atoms with Crippen LogP contribution in [0.3, 0.4) is 0 Å². The summed E-state index contributed by atoms with van der Waals surface area (Å²) in [4.78, 5) is 32.3. The average Bonchev–Trinajstić information content (AvgIpc) is 3.53. The molecular weight excluding hydrogens is 536 g/mol. The predicted molar refractivity (Wildman–Crippen MR) is 155 cm³/mol. The highest BCUT2D eigenvalue weighted by atomic mass is 16.5. The molecule has 0 radical (unpaired) electrons. The maximum atomic E-state index is 13.0. The third kappa shape index (κ3) is 8.69. The van der Waals surface area contributed by atoms with Crippen LogP contribution in [-0.4, -0.2) is 40.8 Å². The van der Waals surface area contributed by atoms with Gasteiger partial charge in [-0.3, -0.25) is 4.79 Å². The molecule has 0 saturated heterocycles. The molecule has 0 unspecified atom stereocenters. The fourth-order valence-corrected chi connectivity index (χ4v) is 3.88. The Bertz CT molecular complexity index is 1530. The smallest absolute Gasteiger partial charge is 0.408 e. The monoisotopic (exact) mass is 566 g/mol. The van der Waals surface area contributed by atoms with Crippen LogP contribution in [0.15, 0.2) is 90.4 Å². The highest BCUT2D eigenvalue weighted by Gasteiger charge is 2.22. The van der Waals surface area contributed by atoms with Gasteiger partial charge in [-0.1, -0.05) is 48.5 Å². The van der Waals surface area contributed by atoms with Crippen molar-refractivity contribution in [3.63, 3.8) is 0 Å². The Morgan fingerprint density at radius 3 is 2.62 bits per heavy atom. The summed E-state index contributed by atoms with van der Waals surface area (Å²) >= 11 is 0. The lowest BCUT2D eigenvalue weighted by Crippen LogP contribution is -2.47. The number of carbonyl (C=O) groups is 2. The number of hydrogen-bond acceptors (Lipinski definition) is 8. The Morgan fingerprint density at radius 2 is 1.86 bits per heavy atom. The summed E-state index contributed by atoms with van der Waals surface area (Å²) in [6, 6.07) is 22.8. The lowest BCUT2D eigenvalue weighted by molar-refractivity contribution is -0.123. The van der Waals surface area contributed by atoms with Crippen molar-refractivity contribution >= 4 is 18.2 Å². The molecular formula is C31H30N6O5. The van der Waals surface area contributed by atoms with E-state index in [9.17, 15) is 14.9 Å². The van der Waals surface area contributed by atoms with E-state index in [0.29, 0.717) is 34.9 Å². The second-order valence-electron chi connectivity index (χ2n) is 8.97. The van der Waals surface area contributed by atoms with Gasteiger partial charge >= 0.3 is 6.09 Å². The molecule has 2 amide bonds. The van der Waals surface area contributed by atoms with Crippen molar-refractivity contribution in [2.24, 2.45) is 5.10 Å². The Balaban J connectivity index is 1.38. The molecule has 3 aromatic carbocycles. The van der Waals surface area contributed by atoms with E-state index in [1.165, 1.54) is 12.5 Å². The summed E-state index contributed by atoms with van der Waals surface area (Å²) in [5.74, 6) is 0.449. The van der Waals surface area contributed by atoms with E-state index in [2.05, 4.69) is 31.9 Å². The second kappa shape index (κ2) is 15.2. The molecule has 1 aromatic heterocycles. The number of amides is 2. The number of H-pyrrole nitrogens is 1. The van der Waals surface area contributed by atoms with Crippen LogP contribution in [0.5, 0.6) is 11.5 Å². The summed E-state index contributed by atoms with van der Waals surface area (Å²) in [6.07, 6.45) is 3.92. The molecule has 1 atom stereocenters. The lowest BCUT2D eigenvalue weighted by atomic mass is 10.1. The van der Waals surface area contributed by atoms with Crippen molar-refractivity contribution in [2.75, 3.05) is 6.61 Å². The van der Waals surface area contributed by atoms with Gasteiger partial charge in [-0.2, -0.15) is 10.4 Å². The van der Waals surface area contributed by atoms with E-state index in [1.54, 1.807) is 36.5 Å². The molecule has 0 aliphatic carbocycles. The number of benzene rings is 3. The van der Waals surface area contributed by atoms with E-state index in [1.807, 2.05) is 49.4 Å². The standard InChI is InChI=1S/C31H30N6O5/c1-2-40-29-14-23(12-13-28(29)41-20-25-11-7-6-10-24(25)16-32)17-35-37-30(38)27(15-26-18-33-21-34-26)36-31(39)42-19-22-8-4-3-5-9-22/h3-14,17-18,21,27H,2,15,19-20H2,1H3,(H,33,34)(H,36,39)(H,37,38)/b35-17-/t27-/m1/s1. The fraction of sp³-hybridized carbons (Fsp3) is 0.194. The lowest BCUT2D eigenvalue weighted by Gasteiger charge is -2.16. The second-order valence-corrected chi connectivity index (χ2v) is 8.97. The molecule has 1 heterocycles. The highest BCUT2D eigenvalue weighted by Crippen LogP contribution is 2.29. The van der Waals surface area contributed by atoms with Gasteiger partial charge in [-0.05, 0) is 42.3 Å². The first kappa shape index (κ1) is 29.4. The minimum atomic E-state index is -0.975. The van der Waals surface area contributed by atoms with Gasteiger partial charge in [0.05, 0.1) is 30.8 Å². The first-order valence-electron chi connectivity index (χ1n) is 13.2. The van der Waals surface area contributed by atoms with Crippen LogP contribution in [0.1, 0.15) is 34.9 Å². The van der Waals surface area contributed by atoms with Crippen LogP contribution in [-0.2, 0) is 29.2 Å². The highest BCUT2D eigenvalue weighted by molar-refractivity contribution is 5.87. The van der Waals surface area contributed by atoms with Crippen molar-refractivity contribution in [3.05, 3.63) is 113 Å². The summed E-state index contributed by atoms with van der Waals surface area (Å²) in [5, 5.41) is 16.0. The van der Waals surface area contributed by atoms with Crippen molar-refractivity contribution in [1.82, 2.24) is 20.7 Å². The van der Waals surface area contributed by atoms with Gasteiger partial charge in [0.25, 0.3) is 5.91 Å². The Hall–Kier alpha value is -5.63. The zero-order valence-electron chi connectivity index (χ0n) is 22.9. The molecule has 0 spiro atoms. The van der Waals surface area contributed by atoms with Crippen molar-refractivity contribution in [2.45, 2.75) is 32.6 Å². The zero-order valence-corrected chi connectivity index (χ0v) is 22.9. The maximum absolute atomic E-state index is 13.0. The van der Waals surface area contributed by atoms with Gasteiger partial charge in [0.2, 0.25) is 0 Å². The van der Waals surface area contributed by atoms with Crippen LogP contribution in [0, 0.1) is 11.3 Å². The molecule has 11 heteroatoms. The van der Waals surface area contributed by atoms with Crippen LogP contribution in [0.25, 0.3) is 0 Å². The van der Waals surface area contributed by atoms with E-state index in [0.717, 1.165) is 11.1 Å². The topological polar surface area (TPSA) is 151 Å². The number of carbonyl (C=O) groups excluding carboxylic acids is 2. The molecule has 0 bridgehead atoms. The van der Waals surface area contributed by atoms with Gasteiger partial charge < -0.3 is 24.5 Å². The Morgan fingerprint density at radius 1 is 1.05 bits per heavy atom. The molecule has 0 saturated carbocycles. The SMILES string of the molecule is CCOc1cc(/C=N\NC(=O)[C@@H](Cc2cnc[nH]2)NC(=O)OCc2ccccc2)ccc1OCc1ccccc1C#N. The summed E-state index contributed by atoms with van der Waals surface area (Å²) in [6.45, 7) is 2.53. The molecule has 214 valence electrons. The van der Waals surface area contributed by atoms with E-state index < -0.39 is 18.0 Å². The number of aromatic amines is 1. The fourth-order valence-electron chi connectivity index (χ4n) is 3.88. The van der Waals surface area contributed by atoms with Gasteiger partial charge in [0.15, 0.2) is 11.5 Å². The average molecular weight is 567 g/mol. The van der Waals surface area contributed by atoms with Crippen molar-refractivity contribution in [1.29, 1.82) is 5.26 Å². The van der Waals surface area contributed by atoms with Crippen molar-refractivity contribution in [3.8, 4) is 17.6 Å². The first-order valence-corrected chi connectivity index (χ1v) is 13.2. The number of alkyl carbamates (subject to hydrolysis) is 1.